The Kier molecular flexibility index (Phi) is 28.5. The Balaban J connectivity index is 4.25. The SMILES string of the molecule is CCCCC/C=C\C/C=C\C/C=C\C=C\C(=O)CCCC(=O)OC[C@H](COP(=O)(O)O)OC(=O)CCCCCCCCC(C)CC. The van der Waals surface area contributed by atoms with Crippen LogP contribution in [0.4, 0.5) is 0 Å². The van der Waals surface area contributed by atoms with E-state index in [0.717, 1.165) is 44.4 Å². The summed E-state index contributed by atoms with van der Waals surface area (Å²) >= 11 is 0. The van der Waals surface area contributed by atoms with Crippen LogP contribution in [-0.4, -0.2) is 46.8 Å². The summed E-state index contributed by atoms with van der Waals surface area (Å²) in [6.07, 6.45) is 30.1. The molecule has 9 nitrogen and oxygen atoms in total. The second-order valence-corrected chi connectivity index (χ2v) is 13.0. The maximum Gasteiger partial charge on any atom is 0.469 e. The molecule has 0 rings (SSSR count). The van der Waals surface area contributed by atoms with Gasteiger partial charge in [0.05, 0.1) is 6.61 Å². The van der Waals surface area contributed by atoms with Crippen LogP contribution in [0.2, 0.25) is 0 Å². The predicted molar refractivity (Wildman–Crippen MR) is 184 cm³/mol. The number of unbranched alkanes of at least 4 members (excludes halogenated alkanes) is 8. The molecular formula is C36H61O9P. The van der Waals surface area contributed by atoms with Gasteiger partial charge >= 0.3 is 19.8 Å². The zero-order chi connectivity index (χ0) is 34.3. The Hall–Kier alpha value is -2.32. The van der Waals surface area contributed by atoms with Gasteiger partial charge in [0.25, 0.3) is 0 Å². The van der Waals surface area contributed by atoms with Crippen LogP contribution in [0.15, 0.2) is 48.6 Å². The molecule has 0 heterocycles. The molecule has 264 valence electrons. The first-order chi connectivity index (χ1) is 22.1. The molecule has 0 aliphatic rings. The third kappa shape index (κ3) is 31.7. The topological polar surface area (TPSA) is 136 Å². The lowest BCUT2D eigenvalue weighted by molar-refractivity contribution is -0.161. The molecule has 0 saturated carbocycles. The maximum atomic E-state index is 12.3. The minimum absolute atomic E-state index is 0.0232. The summed E-state index contributed by atoms with van der Waals surface area (Å²) in [5, 5.41) is 0. The standard InChI is InChI=1S/C36H61O9P/c1-4-6-7-8-9-10-11-12-13-14-15-19-22-26-33(37)27-24-29-35(38)43-30-34(31-44-46(40,41)42)45-36(39)28-23-20-17-16-18-21-25-32(3)5-2/h9-10,12-13,15,19,22,26,32,34H,4-8,11,14,16-18,20-21,23-25,27-31H2,1-3H3,(H2,40,41,42)/b10-9-,13-12-,19-15-,26-22+/t32?,34-/m1/s1. The van der Waals surface area contributed by atoms with Crippen molar-refractivity contribution in [3.05, 3.63) is 48.6 Å². The Labute approximate surface area is 278 Å². The van der Waals surface area contributed by atoms with Crippen molar-refractivity contribution in [3.8, 4) is 0 Å². The average Bonchev–Trinajstić information content (AvgIpc) is 3.01. The highest BCUT2D eigenvalue weighted by molar-refractivity contribution is 7.46. The molecule has 0 saturated heterocycles. The van der Waals surface area contributed by atoms with Crippen LogP contribution >= 0.6 is 7.82 Å². The van der Waals surface area contributed by atoms with Crippen molar-refractivity contribution >= 4 is 25.5 Å². The molecule has 0 spiro atoms. The summed E-state index contributed by atoms with van der Waals surface area (Å²) in [6, 6.07) is 0. The molecule has 2 atom stereocenters. The van der Waals surface area contributed by atoms with Gasteiger partial charge in [-0.2, -0.15) is 0 Å². The second kappa shape index (κ2) is 30.0. The molecule has 0 amide bonds. The summed E-state index contributed by atoms with van der Waals surface area (Å²) < 4.78 is 26.0. The van der Waals surface area contributed by atoms with Crippen molar-refractivity contribution in [2.75, 3.05) is 13.2 Å². The number of allylic oxidation sites excluding steroid dienone is 8. The Morgan fingerprint density at radius 2 is 1.37 bits per heavy atom. The van der Waals surface area contributed by atoms with Crippen molar-refractivity contribution in [2.45, 2.75) is 142 Å². The molecule has 46 heavy (non-hydrogen) atoms. The van der Waals surface area contributed by atoms with Gasteiger partial charge in [0.1, 0.15) is 6.61 Å². The number of rotatable bonds is 30. The van der Waals surface area contributed by atoms with E-state index in [2.05, 4.69) is 49.6 Å². The van der Waals surface area contributed by atoms with Gasteiger partial charge in [-0.1, -0.05) is 121 Å². The minimum Gasteiger partial charge on any atom is -0.462 e. The van der Waals surface area contributed by atoms with Crippen molar-refractivity contribution in [2.24, 2.45) is 5.92 Å². The summed E-state index contributed by atoms with van der Waals surface area (Å²) in [7, 11) is -4.80. The summed E-state index contributed by atoms with van der Waals surface area (Å²) in [6.45, 7) is 5.66. The normalized spacial score (nSPS) is 13.7. The van der Waals surface area contributed by atoms with E-state index in [9.17, 15) is 18.9 Å². The van der Waals surface area contributed by atoms with Gasteiger partial charge in [0.15, 0.2) is 11.9 Å². The molecule has 0 aromatic carbocycles. The van der Waals surface area contributed by atoms with Gasteiger partial charge in [-0.15, -0.1) is 0 Å². The Morgan fingerprint density at radius 3 is 2.07 bits per heavy atom. The molecule has 1 unspecified atom stereocenters. The highest BCUT2D eigenvalue weighted by Crippen LogP contribution is 2.35. The van der Waals surface area contributed by atoms with Gasteiger partial charge in [0.2, 0.25) is 0 Å². The summed E-state index contributed by atoms with van der Waals surface area (Å²) in [5.41, 5.74) is 0. The van der Waals surface area contributed by atoms with Crippen LogP contribution in [0.5, 0.6) is 0 Å². The second-order valence-electron chi connectivity index (χ2n) is 11.8. The van der Waals surface area contributed by atoms with Crippen LogP contribution in [-0.2, 0) is 32.9 Å². The van der Waals surface area contributed by atoms with Crippen LogP contribution in [0.3, 0.4) is 0 Å². The van der Waals surface area contributed by atoms with Crippen LogP contribution < -0.4 is 0 Å². The zero-order valence-corrected chi connectivity index (χ0v) is 29.5. The lowest BCUT2D eigenvalue weighted by atomic mass is 10.00. The zero-order valence-electron chi connectivity index (χ0n) is 28.6. The van der Waals surface area contributed by atoms with Crippen LogP contribution in [0.1, 0.15) is 136 Å². The van der Waals surface area contributed by atoms with E-state index in [1.165, 1.54) is 51.0 Å². The van der Waals surface area contributed by atoms with E-state index in [-0.39, 0.29) is 31.5 Å². The molecule has 0 aromatic rings. The van der Waals surface area contributed by atoms with Crippen molar-refractivity contribution in [1.29, 1.82) is 0 Å². The maximum absolute atomic E-state index is 12.3. The number of hydrogen-bond donors (Lipinski definition) is 2. The van der Waals surface area contributed by atoms with Gasteiger partial charge < -0.3 is 19.3 Å². The van der Waals surface area contributed by atoms with Crippen molar-refractivity contribution in [3.63, 3.8) is 0 Å². The Morgan fingerprint density at radius 1 is 0.717 bits per heavy atom. The van der Waals surface area contributed by atoms with E-state index >= 15 is 0 Å². The Bertz CT molecular complexity index is 965. The average molecular weight is 669 g/mol. The quantitative estimate of drug-likeness (QED) is 0.0192. The van der Waals surface area contributed by atoms with E-state index in [1.54, 1.807) is 6.08 Å². The van der Waals surface area contributed by atoms with Crippen LogP contribution in [0.25, 0.3) is 0 Å². The fourth-order valence-corrected chi connectivity index (χ4v) is 4.72. The minimum atomic E-state index is -4.80. The molecule has 0 aromatic heterocycles. The molecule has 0 bridgehead atoms. The highest BCUT2D eigenvalue weighted by atomic mass is 31.2. The van der Waals surface area contributed by atoms with Crippen molar-refractivity contribution in [1.82, 2.24) is 0 Å². The third-order valence-corrected chi connectivity index (χ3v) is 7.85. The smallest absolute Gasteiger partial charge is 0.462 e. The first kappa shape index (κ1) is 43.7. The first-order valence-electron chi connectivity index (χ1n) is 17.3. The molecule has 2 N–H and O–H groups in total. The number of esters is 2. The van der Waals surface area contributed by atoms with E-state index in [0.29, 0.717) is 6.42 Å². The number of carbonyl (C=O) groups excluding carboxylic acids is 3. The molecule has 0 fully saturated rings. The first-order valence-corrected chi connectivity index (χ1v) is 18.8. The lowest BCUT2D eigenvalue weighted by Crippen LogP contribution is -2.29. The third-order valence-electron chi connectivity index (χ3n) is 7.37. The molecule has 0 aliphatic heterocycles. The number of hydrogen-bond acceptors (Lipinski definition) is 7. The molecular weight excluding hydrogens is 607 g/mol. The fraction of sp³-hybridized carbons (Fsp3) is 0.694. The number of ether oxygens (including phenoxy) is 2. The van der Waals surface area contributed by atoms with Crippen LogP contribution in [0, 0.1) is 5.92 Å². The van der Waals surface area contributed by atoms with Gasteiger partial charge in [-0.3, -0.25) is 18.9 Å². The number of phosphoric ester groups is 1. The molecule has 10 heteroatoms. The van der Waals surface area contributed by atoms with E-state index < -0.39 is 39.1 Å². The van der Waals surface area contributed by atoms with Crippen molar-refractivity contribution < 1.29 is 42.7 Å². The van der Waals surface area contributed by atoms with E-state index in [4.69, 9.17) is 19.3 Å². The number of ketones is 1. The lowest BCUT2D eigenvalue weighted by Gasteiger charge is -2.18. The molecule has 0 aliphatic carbocycles. The highest BCUT2D eigenvalue weighted by Gasteiger charge is 2.23. The fourth-order valence-electron chi connectivity index (χ4n) is 4.36. The predicted octanol–water partition coefficient (Wildman–Crippen LogP) is 9.04. The largest absolute Gasteiger partial charge is 0.469 e. The van der Waals surface area contributed by atoms with Gasteiger partial charge in [-0.25, -0.2) is 4.57 Å². The number of carbonyl (C=O) groups is 3. The summed E-state index contributed by atoms with van der Waals surface area (Å²) in [5.74, 6) is -0.504. The monoisotopic (exact) mass is 668 g/mol. The van der Waals surface area contributed by atoms with Gasteiger partial charge in [0, 0.05) is 19.3 Å². The molecule has 0 radical (unpaired) electrons. The number of phosphoric acid groups is 1. The van der Waals surface area contributed by atoms with E-state index in [1.807, 2.05) is 12.2 Å². The summed E-state index contributed by atoms with van der Waals surface area (Å²) in [4.78, 5) is 54.5. The van der Waals surface area contributed by atoms with Gasteiger partial charge in [-0.05, 0) is 50.5 Å².